The second kappa shape index (κ2) is 5.81. The van der Waals surface area contributed by atoms with E-state index in [9.17, 15) is 10.1 Å². The third-order valence-corrected chi connectivity index (χ3v) is 3.32. The van der Waals surface area contributed by atoms with Crippen LogP contribution in [-0.4, -0.2) is 28.0 Å². The lowest BCUT2D eigenvalue weighted by Gasteiger charge is -2.26. The normalized spacial score (nSPS) is 22.8. The summed E-state index contributed by atoms with van der Waals surface area (Å²) in [5, 5.41) is 13.7. The highest BCUT2D eigenvalue weighted by Gasteiger charge is 2.25. The van der Waals surface area contributed by atoms with Crippen LogP contribution in [0.1, 0.15) is 32.6 Å². The Morgan fingerprint density at radius 1 is 1.53 bits per heavy atom. The van der Waals surface area contributed by atoms with Gasteiger partial charge in [-0.1, -0.05) is 13.3 Å². The average Bonchev–Trinajstić information content (AvgIpc) is 2.38. The molecule has 0 radical (unpaired) electrons. The smallest absolute Gasteiger partial charge is 0.349 e. The number of nitrogens with zero attached hydrogens (tertiary/aromatic N) is 3. The fourth-order valence-electron chi connectivity index (χ4n) is 2.34. The summed E-state index contributed by atoms with van der Waals surface area (Å²) in [5.74, 6) is 0.969. The molecule has 1 aromatic heterocycles. The van der Waals surface area contributed by atoms with Gasteiger partial charge in [-0.3, -0.25) is 10.1 Å². The molecule has 0 aromatic carbocycles. The van der Waals surface area contributed by atoms with E-state index in [0.717, 1.165) is 19.3 Å². The molecule has 1 aliphatic rings. The zero-order chi connectivity index (χ0) is 13.8. The predicted molar refractivity (Wildman–Crippen MR) is 70.3 cm³/mol. The molecule has 2 rings (SSSR count). The van der Waals surface area contributed by atoms with E-state index in [0.29, 0.717) is 11.9 Å². The molecule has 104 valence electrons. The van der Waals surface area contributed by atoms with Gasteiger partial charge in [0.05, 0.1) is 4.92 Å². The summed E-state index contributed by atoms with van der Waals surface area (Å²) in [6, 6.07) is 0. The van der Waals surface area contributed by atoms with Crippen LogP contribution in [0.4, 0.5) is 11.6 Å². The summed E-state index contributed by atoms with van der Waals surface area (Å²) in [7, 11) is 1.66. The minimum atomic E-state index is -0.513. The highest BCUT2D eigenvalue weighted by molar-refractivity contribution is 5.43. The first-order chi connectivity index (χ1) is 9.10. The van der Waals surface area contributed by atoms with Gasteiger partial charge in [0.2, 0.25) is 5.95 Å². The van der Waals surface area contributed by atoms with Gasteiger partial charge in [-0.15, -0.1) is 0 Å². The Morgan fingerprint density at radius 3 is 2.95 bits per heavy atom. The molecule has 0 amide bonds. The first-order valence-corrected chi connectivity index (χ1v) is 6.46. The maximum atomic E-state index is 11.0. The summed E-state index contributed by atoms with van der Waals surface area (Å²) in [5.41, 5.74) is -0.183. The van der Waals surface area contributed by atoms with Crippen molar-refractivity contribution in [3.05, 3.63) is 16.3 Å². The van der Waals surface area contributed by atoms with Crippen LogP contribution in [0.3, 0.4) is 0 Å². The fourth-order valence-corrected chi connectivity index (χ4v) is 2.34. The molecule has 1 aliphatic carbocycles. The van der Waals surface area contributed by atoms with Crippen molar-refractivity contribution in [1.82, 2.24) is 9.97 Å². The van der Waals surface area contributed by atoms with Crippen LogP contribution in [0.25, 0.3) is 0 Å². The maximum absolute atomic E-state index is 11.0. The van der Waals surface area contributed by atoms with Gasteiger partial charge in [-0.2, -0.15) is 4.98 Å². The van der Waals surface area contributed by atoms with Gasteiger partial charge in [0.25, 0.3) is 5.88 Å². The Balaban J connectivity index is 2.19. The molecular formula is C12H18N4O3. The number of rotatable bonds is 4. The van der Waals surface area contributed by atoms with Crippen molar-refractivity contribution in [2.75, 3.05) is 12.4 Å². The third kappa shape index (κ3) is 3.30. The van der Waals surface area contributed by atoms with Gasteiger partial charge in [0.15, 0.2) is 0 Å². The van der Waals surface area contributed by atoms with E-state index >= 15 is 0 Å². The van der Waals surface area contributed by atoms with Crippen LogP contribution >= 0.6 is 0 Å². The molecule has 1 fully saturated rings. The van der Waals surface area contributed by atoms with Crippen LogP contribution in [0.5, 0.6) is 5.88 Å². The molecular weight excluding hydrogens is 248 g/mol. The van der Waals surface area contributed by atoms with Crippen LogP contribution in [0.15, 0.2) is 6.20 Å². The standard InChI is InChI=1S/C12H18N4O3/c1-8-4-3-5-9(6-8)19-11-10(16(17)18)7-14-12(13-2)15-11/h7-9H,3-6H2,1-2H3,(H,13,14,15). The molecule has 7 nitrogen and oxygen atoms in total. The minimum Gasteiger partial charge on any atom is -0.469 e. The Morgan fingerprint density at radius 2 is 2.32 bits per heavy atom. The molecule has 1 saturated carbocycles. The lowest BCUT2D eigenvalue weighted by molar-refractivity contribution is -0.386. The Hall–Kier alpha value is -1.92. The molecule has 0 spiro atoms. The van der Waals surface area contributed by atoms with Gasteiger partial charge in [-0.25, -0.2) is 4.98 Å². The molecule has 0 saturated heterocycles. The monoisotopic (exact) mass is 266 g/mol. The number of nitro groups is 1. The van der Waals surface area contributed by atoms with E-state index in [4.69, 9.17) is 4.74 Å². The summed E-state index contributed by atoms with van der Waals surface area (Å²) in [6.45, 7) is 2.17. The molecule has 1 heterocycles. The van der Waals surface area contributed by atoms with Crippen LogP contribution in [-0.2, 0) is 0 Å². The van der Waals surface area contributed by atoms with E-state index in [-0.39, 0.29) is 17.7 Å². The fraction of sp³-hybridized carbons (Fsp3) is 0.667. The molecule has 2 atom stereocenters. The van der Waals surface area contributed by atoms with Gasteiger partial charge < -0.3 is 10.1 Å². The third-order valence-electron chi connectivity index (χ3n) is 3.32. The van der Waals surface area contributed by atoms with Gasteiger partial charge in [0, 0.05) is 7.05 Å². The first-order valence-electron chi connectivity index (χ1n) is 6.46. The van der Waals surface area contributed by atoms with E-state index in [2.05, 4.69) is 22.2 Å². The maximum Gasteiger partial charge on any atom is 0.349 e. The molecule has 0 bridgehead atoms. The molecule has 19 heavy (non-hydrogen) atoms. The number of aromatic nitrogens is 2. The van der Waals surface area contributed by atoms with Crippen molar-refractivity contribution in [2.24, 2.45) is 5.92 Å². The van der Waals surface area contributed by atoms with E-state index in [1.807, 2.05) is 0 Å². The zero-order valence-corrected chi connectivity index (χ0v) is 11.1. The van der Waals surface area contributed by atoms with E-state index < -0.39 is 4.92 Å². The lowest BCUT2D eigenvalue weighted by atomic mass is 9.89. The van der Waals surface area contributed by atoms with Crippen LogP contribution < -0.4 is 10.1 Å². The largest absolute Gasteiger partial charge is 0.469 e. The number of nitrogens with one attached hydrogen (secondary N) is 1. The van der Waals surface area contributed by atoms with Crippen molar-refractivity contribution in [2.45, 2.75) is 38.7 Å². The van der Waals surface area contributed by atoms with Gasteiger partial charge in [0.1, 0.15) is 12.3 Å². The molecule has 1 N–H and O–H groups in total. The van der Waals surface area contributed by atoms with Gasteiger partial charge in [-0.05, 0) is 25.2 Å². The summed E-state index contributed by atoms with van der Waals surface area (Å²) in [6.07, 6.45) is 5.29. The average molecular weight is 266 g/mol. The SMILES string of the molecule is CNc1ncc([N+](=O)[O-])c(OC2CCCC(C)C2)n1. The summed E-state index contributed by atoms with van der Waals surface area (Å²) in [4.78, 5) is 18.3. The van der Waals surface area contributed by atoms with E-state index in [1.165, 1.54) is 12.6 Å². The van der Waals surface area contributed by atoms with Crippen molar-refractivity contribution in [3.63, 3.8) is 0 Å². The summed E-state index contributed by atoms with van der Waals surface area (Å²) >= 11 is 0. The van der Waals surface area contributed by atoms with Crippen molar-refractivity contribution in [1.29, 1.82) is 0 Å². The topological polar surface area (TPSA) is 90.2 Å². The Bertz CT molecular complexity index is 466. The van der Waals surface area contributed by atoms with Gasteiger partial charge >= 0.3 is 5.69 Å². The summed E-state index contributed by atoms with van der Waals surface area (Å²) < 4.78 is 5.73. The quantitative estimate of drug-likeness (QED) is 0.664. The molecule has 2 unspecified atom stereocenters. The van der Waals surface area contributed by atoms with E-state index in [1.54, 1.807) is 7.05 Å². The molecule has 0 aliphatic heterocycles. The van der Waals surface area contributed by atoms with Crippen molar-refractivity contribution >= 4 is 11.6 Å². The highest BCUT2D eigenvalue weighted by atomic mass is 16.6. The Labute approximate surface area is 111 Å². The minimum absolute atomic E-state index is 0.00190. The van der Waals surface area contributed by atoms with Crippen molar-refractivity contribution < 1.29 is 9.66 Å². The molecule has 7 heteroatoms. The zero-order valence-electron chi connectivity index (χ0n) is 11.1. The second-order valence-electron chi connectivity index (χ2n) is 4.90. The molecule has 1 aromatic rings. The number of hydrogen-bond donors (Lipinski definition) is 1. The Kier molecular flexibility index (Phi) is 4.13. The lowest BCUT2D eigenvalue weighted by Crippen LogP contribution is -2.25. The number of ether oxygens (including phenoxy) is 1. The van der Waals surface area contributed by atoms with Crippen LogP contribution in [0, 0.1) is 16.0 Å². The second-order valence-corrected chi connectivity index (χ2v) is 4.90. The van der Waals surface area contributed by atoms with Crippen molar-refractivity contribution in [3.8, 4) is 5.88 Å². The number of anilines is 1. The van der Waals surface area contributed by atoms with Crippen LogP contribution in [0.2, 0.25) is 0 Å². The first kappa shape index (κ1) is 13.5. The number of hydrogen-bond acceptors (Lipinski definition) is 6. The highest BCUT2D eigenvalue weighted by Crippen LogP contribution is 2.31. The predicted octanol–water partition coefficient (Wildman–Crippen LogP) is 2.38.